The molecule has 0 atom stereocenters. The van der Waals surface area contributed by atoms with Crippen molar-refractivity contribution in [2.45, 2.75) is 5.51 Å². The Morgan fingerprint density at radius 1 is 0.596 bits per heavy atom. The van der Waals surface area contributed by atoms with Crippen LogP contribution >= 0.6 is 0 Å². The van der Waals surface area contributed by atoms with Crippen LogP contribution in [0.3, 0.4) is 0 Å². The molecule has 15 heteroatoms. The Balaban J connectivity index is 0.000000431. The molecule has 2 heterocycles. The molecule has 0 aliphatic rings. The van der Waals surface area contributed by atoms with Crippen molar-refractivity contribution in [3.05, 3.63) is 140 Å². The van der Waals surface area contributed by atoms with Crippen LogP contribution in [0.4, 0.5) is 13.2 Å². The number of hydrogen-bond donors (Lipinski definition) is 0. The van der Waals surface area contributed by atoms with E-state index in [1.54, 1.807) is 9.59 Å². The molecule has 0 spiro atoms. The minimum absolute atomic E-state index is 0.693. The van der Waals surface area contributed by atoms with Crippen molar-refractivity contribution >= 4 is 10.1 Å². The van der Waals surface area contributed by atoms with Crippen molar-refractivity contribution in [1.29, 1.82) is 0 Å². The van der Waals surface area contributed by atoms with Gasteiger partial charge >= 0.3 is 5.51 Å². The molecule has 5 aromatic carbocycles. The molecule has 0 N–H and O–H groups in total. The molecule has 11 nitrogen and oxygen atoms in total. The number of benzene rings is 4. The maximum Gasteiger partial charge on any atom is 0.485 e. The van der Waals surface area contributed by atoms with Gasteiger partial charge in [-0.15, -0.1) is 0 Å². The third kappa shape index (κ3) is 6.70. The minimum atomic E-state index is -6.09. The number of para-hydroxylation sites is 4. The van der Waals surface area contributed by atoms with Crippen molar-refractivity contribution in [3.8, 4) is 45.5 Å². The highest BCUT2D eigenvalue weighted by atomic mass is 32.2. The summed E-state index contributed by atoms with van der Waals surface area (Å²) in [5.74, 6) is 1.39. The van der Waals surface area contributed by atoms with Crippen LogP contribution < -0.4 is 9.59 Å². The molecular weight excluding hydrogens is 633 g/mol. The molecule has 7 aromatic rings. The van der Waals surface area contributed by atoms with Crippen LogP contribution in [-0.2, 0) is 10.1 Å². The van der Waals surface area contributed by atoms with Gasteiger partial charge in [-0.1, -0.05) is 93.3 Å². The van der Waals surface area contributed by atoms with Crippen LogP contribution in [-0.4, -0.2) is 48.5 Å². The van der Waals surface area contributed by atoms with E-state index in [1.165, 1.54) is 0 Å². The molecular formula is C32H23F3N8O3S. The second kappa shape index (κ2) is 12.8. The van der Waals surface area contributed by atoms with Gasteiger partial charge in [0.1, 0.15) is 10.4 Å². The Kier molecular flexibility index (Phi) is 8.48. The zero-order chi connectivity index (χ0) is 33.0. The fourth-order valence-electron chi connectivity index (χ4n) is 4.53. The Bertz CT molecular complexity index is 2070. The van der Waals surface area contributed by atoms with Gasteiger partial charge < -0.3 is 4.55 Å². The van der Waals surface area contributed by atoms with Gasteiger partial charge in [-0.05, 0) is 58.7 Å². The van der Waals surface area contributed by atoms with Gasteiger partial charge in [-0.3, -0.25) is 0 Å². The molecule has 0 unspecified atom stereocenters. The summed E-state index contributed by atoms with van der Waals surface area (Å²) in [7, 11) is -6.09. The Morgan fingerprint density at radius 2 is 0.915 bits per heavy atom. The van der Waals surface area contributed by atoms with E-state index in [4.69, 9.17) is 33.6 Å². The molecule has 0 saturated carbocycles. The van der Waals surface area contributed by atoms with Gasteiger partial charge in [0.15, 0.2) is 32.9 Å². The fourth-order valence-corrected chi connectivity index (χ4v) is 4.53. The van der Waals surface area contributed by atoms with E-state index >= 15 is 0 Å². The maximum absolute atomic E-state index is 10.7. The van der Waals surface area contributed by atoms with Gasteiger partial charge in [0.05, 0.1) is 0 Å². The predicted molar refractivity (Wildman–Crippen MR) is 162 cm³/mol. The monoisotopic (exact) mass is 656 g/mol. The summed E-state index contributed by atoms with van der Waals surface area (Å²) in [6, 6.07) is 45.9. The van der Waals surface area contributed by atoms with Crippen molar-refractivity contribution in [3.63, 3.8) is 0 Å². The maximum atomic E-state index is 10.7. The summed E-state index contributed by atoms with van der Waals surface area (Å²) >= 11 is 0. The first kappa shape index (κ1) is 31.1. The smallest absolute Gasteiger partial charge is 0.485 e. The highest BCUT2D eigenvalue weighted by Gasteiger charge is 2.37. The summed E-state index contributed by atoms with van der Waals surface area (Å²) < 4.78 is 62.6. The van der Waals surface area contributed by atoms with Crippen LogP contribution in [0.2, 0.25) is 0 Å². The lowest BCUT2D eigenvalue weighted by Gasteiger charge is -2.08. The lowest BCUT2D eigenvalue weighted by molar-refractivity contribution is -0.717. The number of aromatic nitrogens is 8. The molecule has 0 radical (unpaired) electrons. The van der Waals surface area contributed by atoms with E-state index in [1.807, 2.05) is 149 Å². The zero-order valence-corrected chi connectivity index (χ0v) is 24.9. The number of alkyl halides is 3. The standard InChI is InChI=1S/C31H23N8.CHF3O3S/c1-5-14-24(15-6-1)36-30(32-38(34-36)26-18-9-3-10-19-26)28-22-13-23-29(28)31-33-39(27-20-11-4-12-21-27)35-37(31)25-16-7-2-8-17-25;2-1(3,4)8(5,6)7/h1-23H;(H,5,6,7)/q+1;/p-1. The summed E-state index contributed by atoms with van der Waals surface area (Å²) in [6.07, 6.45) is 0. The molecule has 7 rings (SSSR count). The molecule has 0 aliphatic heterocycles. The highest BCUT2D eigenvalue weighted by molar-refractivity contribution is 7.86. The van der Waals surface area contributed by atoms with Crippen molar-refractivity contribution in [1.82, 2.24) is 30.0 Å². The van der Waals surface area contributed by atoms with Crippen molar-refractivity contribution in [2.75, 3.05) is 0 Å². The fraction of sp³-hybridized carbons (Fsp3) is 0.0312. The summed E-state index contributed by atoms with van der Waals surface area (Å²) in [6.45, 7) is 0. The average Bonchev–Trinajstić information content (AvgIpc) is 3.84. The van der Waals surface area contributed by atoms with Gasteiger partial charge in [0.25, 0.3) is 0 Å². The normalized spacial score (nSPS) is 11.6. The number of hydrogen-bond acceptors (Lipinski definition) is 7. The Hall–Kier alpha value is -5.93. The van der Waals surface area contributed by atoms with Crippen LogP contribution in [0.1, 0.15) is 0 Å². The number of halogens is 3. The average molecular weight is 657 g/mol. The van der Waals surface area contributed by atoms with Gasteiger partial charge in [-0.25, -0.2) is 8.42 Å². The second-order valence-corrected chi connectivity index (χ2v) is 11.2. The molecule has 0 aliphatic carbocycles. The molecule has 2 aromatic heterocycles. The Labute approximate surface area is 266 Å². The largest absolute Gasteiger partial charge is 0.741 e. The van der Waals surface area contributed by atoms with Gasteiger partial charge in [0.2, 0.25) is 11.6 Å². The highest BCUT2D eigenvalue weighted by Crippen LogP contribution is 2.32. The van der Waals surface area contributed by atoms with Crippen LogP contribution in [0.15, 0.2) is 140 Å². The van der Waals surface area contributed by atoms with E-state index in [0.717, 1.165) is 33.9 Å². The first-order chi connectivity index (χ1) is 22.6. The molecule has 236 valence electrons. The third-order valence-electron chi connectivity index (χ3n) is 6.69. The molecule has 0 fully saturated rings. The summed E-state index contributed by atoms with van der Waals surface area (Å²) in [5, 5.41) is 19.6. The minimum Gasteiger partial charge on any atom is -0.741 e. The number of rotatable bonds is 6. The lowest BCUT2D eigenvalue weighted by Crippen LogP contribution is -2.36. The molecule has 47 heavy (non-hydrogen) atoms. The van der Waals surface area contributed by atoms with E-state index < -0.39 is 15.6 Å². The molecule has 0 saturated heterocycles. The zero-order valence-electron chi connectivity index (χ0n) is 24.1. The van der Waals surface area contributed by atoms with Gasteiger partial charge in [-0.2, -0.15) is 31.4 Å². The van der Waals surface area contributed by atoms with Crippen molar-refractivity contribution in [2.24, 2.45) is 0 Å². The van der Waals surface area contributed by atoms with Gasteiger partial charge in [0, 0.05) is 9.59 Å². The number of tetrazole rings is 2. The van der Waals surface area contributed by atoms with Crippen LogP contribution in [0, 0.1) is 0 Å². The summed E-state index contributed by atoms with van der Waals surface area (Å²) in [4.78, 5) is 3.32. The predicted octanol–water partition coefficient (Wildman–Crippen LogP) is 4.51. The Morgan fingerprint density at radius 3 is 1.23 bits per heavy atom. The topological polar surface area (TPSA) is 126 Å². The van der Waals surface area contributed by atoms with Crippen LogP contribution in [0.25, 0.3) is 45.5 Å². The van der Waals surface area contributed by atoms with Crippen LogP contribution in [0.5, 0.6) is 0 Å². The SMILES string of the molecule is O=S(=O)([O-])C(F)(F)F.c1ccc(-n2n[n+](-c3ccccc3)nc2-c2c[cH-]cc2-c2n[n+](-c3ccccc3)nn2-c2ccccc2)cc1. The summed E-state index contributed by atoms with van der Waals surface area (Å²) in [5.41, 5.74) is -0.299. The first-order valence-electron chi connectivity index (χ1n) is 13.9. The van der Waals surface area contributed by atoms with E-state index in [-0.39, 0.29) is 0 Å². The number of nitrogens with zero attached hydrogens (tertiary/aromatic N) is 8. The van der Waals surface area contributed by atoms with E-state index in [0.29, 0.717) is 11.6 Å². The molecule has 0 bridgehead atoms. The quantitative estimate of drug-likeness (QED) is 0.112. The van der Waals surface area contributed by atoms with Crippen molar-refractivity contribution < 1.29 is 35.7 Å². The third-order valence-corrected chi connectivity index (χ3v) is 7.25. The lowest BCUT2D eigenvalue weighted by atomic mass is 10.1. The second-order valence-electron chi connectivity index (χ2n) is 9.82. The molecule has 0 amide bonds. The first-order valence-corrected chi connectivity index (χ1v) is 15.3. The van der Waals surface area contributed by atoms with E-state index in [9.17, 15) is 13.2 Å². The van der Waals surface area contributed by atoms with E-state index in [2.05, 4.69) is 0 Å².